The van der Waals surface area contributed by atoms with Gasteiger partial charge in [0.15, 0.2) is 12.4 Å². The normalized spacial score (nSPS) is 31.8. The molecule has 1 aliphatic heterocycles. The van der Waals surface area contributed by atoms with E-state index >= 15 is 0 Å². The van der Waals surface area contributed by atoms with Crippen LogP contribution in [0.3, 0.4) is 0 Å². The van der Waals surface area contributed by atoms with Crippen molar-refractivity contribution in [1.29, 1.82) is 5.41 Å². The molecule has 1 fully saturated rings. The number of halogens is 1. The summed E-state index contributed by atoms with van der Waals surface area (Å²) in [5.74, 6) is 0. The molecule has 4 unspecified atom stereocenters. The van der Waals surface area contributed by atoms with Gasteiger partial charge in [-0.1, -0.05) is 0 Å². The molecular weight excluding hydrogens is 245 g/mol. The summed E-state index contributed by atoms with van der Waals surface area (Å²) in [6.45, 7) is -0.532. The molecule has 18 heavy (non-hydrogen) atoms. The van der Waals surface area contributed by atoms with Gasteiger partial charge in [-0.05, 0) is 6.07 Å². The fourth-order valence-corrected chi connectivity index (χ4v) is 1.87. The van der Waals surface area contributed by atoms with Crippen molar-refractivity contribution < 1.29 is 19.3 Å². The van der Waals surface area contributed by atoms with Gasteiger partial charge in [-0.2, -0.15) is 0 Å². The topological polar surface area (TPSA) is 100 Å². The van der Waals surface area contributed by atoms with Crippen molar-refractivity contribution in [2.75, 3.05) is 6.61 Å². The first-order valence-corrected chi connectivity index (χ1v) is 5.38. The minimum Gasteiger partial charge on any atom is -0.394 e. The Bertz CT molecular complexity index is 555. The highest BCUT2D eigenvalue weighted by molar-refractivity contribution is 4.93. The van der Waals surface area contributed by atoms with E-state index in [-0.39, 0.29) is 5.49 Å². The number of aliphatic hydroxyl groups excluding tert-OH is 2. The van der Waals surface area contributed by atoms with Crippen LogP contribution in [0.25, 0.3) is 0 Å². The molecule has 1 saturated heterocycles. The molecule has 2 rings (SSSR count). The molecule has 1 aliphatic rings. The molecule has 0 aliphatic carbocycles. The van der Waals surface area contributed by atoms with Gasteiger partial charge in [0.05, 0.1) is 6.61 Å². The van der Waals surface area contributed by atoms with Crippen molar-refractivity contribution in [2.24, 2.45) is 7.05 Å². The summed E-state index contributed by atoms with van der Waals surface area (Å²) in [7, 11) is 1.38. The van der Waals surface area contributed by atoms with Crippen molar-refractivity contribution >= 4 is 0 Å². The molecule has 0 radical (unpaired) electrons. The van der Waals surface area contributed by atoms with Crippen molar-refractivity contribution in [3.05, 3.63) is 28.2 Å². The Hall–Kier alpha value is -1.51. The molecule has 100 valence electrons. The van der Waals surface area contributed by atoms with E-state index in [1.54, 1.807) is 0 Å². The Kier molecular flexibility index (Phi) is 3.33. The average molecular weight is 259 g/mol. The smallest absolute Gasteiger partial charge is 0.331 e. The number of alkyl halides is 1. The Balaban J connectivity index is 2.42. The summed E-state index contributed by atoms with van der Waals surface area (Å²) in [4.78, 5) is 11.8. The largest absolute Gasteiger partial charge is 0.394 e. The first-order valence-electron chi connectivity index (χ1n) is 5.38. The molecule has 1 aromatic rings. The van der Waals surface area contributed by atoms with Gasteiger partial charge >= 0.3 is 5.69 Å². The van der Waals surface area contributed by atoms with Crippen LogP contribution in [-0.2, 0) is 11.8 Å². The molecule has 8 heteroatoms. The van der Waals surface area contributed by atoms with E-state index < -0.39 is 36.9 Å². The van der Waals surface area contributed by atoms with E-state index in [9.17, 15) is 14.3 Å². The lowest BCUT2D eigenvalue weighted by Gasteiger charge is -2.16. The van der Waals surface area contributed by atoms with E-state index in [4.69, 9.17) is 15.3 Å². The van der Waals surface area contributed by atoms with E-state index in [1.807, 2.05) is 0 Å². The van der Waals surface area contributed by atoms with Gasteiger partial charge in [-0.25, -0.2) is 9.18 Å². The van der Waals surface area contributed by atoms with Gasteiger partial charge in [0.25, 0.3) is 0 Å². The second kappa shape index (κ2) is 4.63. The molecule has 2 heterocycles. The van der Waals surface area contributed by atoms with E-state index in [0.717, 1.165) is 9.13 Å². The Morgan fingerprint density at radius 3 is 2.83 bits per heavy atom. The van der Waals surface area contributed by atoms with E-state index in [1.165, 1.54) is 19.3 Å². The lowest BCUT2D eigenvalue weighted by molar-refractivity contribution is -0.0495. The van der Waals surface area contributed by atoms with Crippen LogP contribution >= 0.6 is 0 Å². The van der Waals surface area contributed by atoms with Gasteiger partial charge in [0.1, 0.15) is 17.7 Å². The number of aliphatic hydroxyl groups is 2. The van der Waals surface area contributed by atoms with Crippen LogP contribution in [0.2, 0.25) is 0 Å². The first-order chi connectivity index (χ1) is 8.47. The fourth-order valence-electron chi connectivity index (χ4n) is 1.87. The van der Waals surface area contributed by atoms with Crippen molar-refractivity contribution in [2.45, 2.75) is 24.6 Å². The third-order valence-electron chi connectivity index (χ3n) is 3.01. The number of nitrogens with zero attached hydrogens (tertiary/aromatic N) is 2. The van der Waals surface area contributed by atoms with Gasteiger partial charge in [0.2, 0.25) is 0 Å². The third-order valence-corrected chi connectivity index (χ3v) is 3.01. The van der Waals surface area contributed by atoms with Crippen LogP contribution in [-0.4, -0.2) is 44.3 Å². The number of rotatable bonds is 2. The standard InChI is InChI=1S/C10H14FN3O4/c1-13-6(12)2-3-14(10(13)17)9-7(11)8(16)5(4-15)18-9/h2-3,5,7-9,12,15-16H,4H2,1H3. The minimum atomic E-state index is -1.81. The highest BCUT2D eigenvalue weighted by Crippen LogP contribution is 2.30. The molecule has 0 amide bonds. The molecule has 0 spiro atoms. The molecule has 0 bridgehead atoms. The lowest BCUT2D eigenvalue weighted by atomic mass is 10.1. The van der Waals surface area contributed by atoms with Gasteiger partial charge < -0.3 is 14.9 Å². The summed E-state index contributed by atoms with van der Waals surface area (Å²) in [6.07, 6.45) is -4.41. The van der Waals surface area contributed by atoms with Gasteiger partial charge in [-0.15, -0.1) is 0 Å². The second-order valence-electron chi connectivity index (χ2n) is 4.13. The van der Waals surface area contributed by atoms with E-state index in [0.29, 0.717) is 0 Å². The highest BCUT2D eigenvalue weighted by Gasteiger charge is 2.45. The van der Waals surface area contributed by atoms with Crippen LogP contribution in [0, 0.1) is 5.41 Å². The van der Waals surface area contributed by atoms with E-state index in [2.05, 4.69) is 0 Å². The predicted octanol–water partition coefficient (Wildman–Crippen LogP) is -1.75. The quantitative estimate of drug-likeness (QED) is 0.586. The van der Waals surface area contributed by atoms with Crippen molar-refractivity contribution in [3.8, 4) is 0 Å². The maximum absolute atomic E-state index is 13.8. The average Bonchev–Trinajstić information content (AvgIpc) is 2.64. The Morgan fingerprint density at radius 2 is 2.28 bits per heavy atom. The highest BCUT2D eigenvalue weighted by atomic mass is 19.1. The summed E-state index contributed by atoms with van der Waals surface area (Å²) in [6, 6.07) is 1.32. The zero-order valence-corrected chi connectivity index (χ0v) is 9.65. The fraction of sp³-hybridized carbons (Fsp3) is 0.600. The molecule has 3 N–H and O–H groups in total. The number of ether oxygens (including phenoxy) is 1. The maximum atomic E-state index is 13.8. The minimum absolute atomic E-state index is 0.0242. The predicted molar refractivity (Wildman–Crippen MR) is 57.4 cm³/mol. The molecule has 0 saturated carbocycles. The maximum Gasteiger partial charge on any atom is 0.331 e. The number of hydrogen-bond donors (Lipinski definition) is 3. The summed E-state index contributed by atoms with van der Waals surface area (Å²) in [5, 5.41) is 25.8. The summed E-state index contributed by atoms with van der Waals surface area (Å²) in [5.41, 5.74) is -0.648. The number of nitrogens with one attached hydrogen (secondary N) is 1. The summed E-state index contributed by atoms with van der Waals surface area (Å²) < 4.78 is 20.9. The molecular formula is C10H14FN3O4. The van der Waals surface area contributed by atoms with Crippen LogP contribution in [0.5, 0.6) is 0 Å². The third kappa shape index (κ3) is 1.88. The Morgan fingerprint density at radius 1 is 1.61 bits per heavy atom. The number of hydrogen-bond acceptors (Lipinski definition) is 5. The summed E-state index contributed by atoms with van der Waals surface area (Å²) >= 11 is 0. The van der Waals surface area contributed by atoms with Crippen molar-refractivity contribution in [3.63, 3.8) is 0 Å². The lowest BCUT2D eigenvalue weighted by Crippen LogP contribution is -2.40. The monoisotopic (exact) mass is 259 g/mol. The zero-order chi connectivity index (χ0) is 13.4. The zero-order valence-electron chi connectivity index (χ0n) is 9.65. The Labute approximate surface area is 101 Å². The number of aromatic nitrogens is 2. The SMILES string of the molecule is Cn1c(=N)ccn(C2OC(CO)C(O)C2F)c1=O. The molecule has 0 aromatic carbocycles. The first kappa shape index (κ1) is 12.9. The van der Waals surface area contributed by atoms with Crippen LogP contribution in [0.1, 0.15) is 6.23 Å². The molecule has 1 aromatic heterocycles. The van der Waals surface area contributed by atoms with Crippen LogP contribution in [0.15, 0.2) is 17.1 Å². The molecule has 4 atom stereocenters. The van der Waals surface area contributed by atoms with Crippen LogP contribution < -0.4 is 11.2 Å². The van der Waals surface area contributed by atoms with Gasteiger partial charge in [-0.3, -0.25) is 14.5 Å². The van der Waals surface area contributed by atoms with Crippen molar-refractivity contribution in [1.82, 2.24) is 9.13 Å². The molecule has 7 nitrogen and oxygen atoms in total. The van der Waals surface area contributed by atoms with Gasteiger partial charge in [0, 0.05) is 13.2 Å². The second-order valence-corrected chi connectivity index (χ2v) is 4.13. The van der Waals surface area contributed by atoms with Crippen LogP contribution in [0.4, 0.5) is 4.39 Å².